The Morgan fingerprint density at radius 1 is 0.972 bits per heavy atom. The molecule has 0 aliphatic carbocycles. The zero-order valence-corrected chi connectivity index (χ0v) is 20.6. The highest BCUT2D eigenvalue weighted by Crippen LogP contribution is 2.37. The van der Waals surface area contributed by atoms with Crippen molar-refractivity contribution >= 4 is 11.0 Å². The number of methoxy groups -OCH3 is 1. The second kappa shape index (κ2) is 9.37. The minimum atomic E-state index is -0.513. The highest BCUT2D eigenvalue weighted by atomic mass is 19.1. The van der Waals surface area contributed by atoms with E-state index in [1.165, 1.54) is 13.2 Å². The highest BCUT2D eigenvalue weighted by Gasteiger charge is 2.20. The van der Waals surface area contributed by atoms with Crippen LogP contribution in [-0.2, 0) is 20.7 Å². The van der Waals surface area contributed by atoms with Gasteiger partial charge in [-0.1, -0.05) is 36.4 Å². The molecule has 2 heterocycles. The van der Waals surface area contributed by atoms with Gasteiger partial charge in [0.1, 0.15) is 6.61 Å². The lowest BCUT2D eigenvalue weighted by Crippen LogP contribution is -2.19. The average molecular weight is 487 g/mol. The van der Waals surface area contributed by atoms with Crippen LogP contribution in [0.5, 0.6) is 11.5 Å². The van der Waals surface area contributed by atoms with E-state index in [1.807, 2.05) is 66.2 Å². The lowest BCUT2D eigenvalue weighted by molar-refractivity contribution is 0.270. The van der Waals surface area contributed by atoms with Crippen LogP contribution in [0.2, 0.25) is 0 Å². The minimum Gasteiger partial charge on any atom is -0.493 e. The molecule has 0 N–H and O–H groups in total. The average Bonchev–Trinajstić information content (AvgIpc) is 3.47. The van der Waals surface area contributed by atoms with Crippen LogP contribution in [0.1, 0.15) is 24.1 Å². The van der Waals surface area contributed by atoms with Crippen LogP contribution in [0.25, 0.3) is 22.3 Å². The van der Waals surface area contributed by atoms with E-state index in [0.29, 0.717) is 11.3 Å². The summed E-state index contributed by atoms with van der Waals surface area (Å²) in [6, 6.07) is 20.4. The molecule has 8 heteroatoms. The Hall–Kier alpha value is -4.33. The zero-order chi connectivity index (χ0) is 25.4. The standard InChI is InChI=1S/C28H27FN4O3/c1-18(20-10-11-24-25(15-20)32(3)28(34)31(24)2)33-23(12-13-30-33)21-14-22(29)27(26(16-21)35-4)36-17-19-8-6-5-7-9-19/h5-16,18H,17H2,1-4H3. The van der Waals surface area contributed by atoms with E-state index in [4.69, 9.17) is 9.47 Å². The fraction of sp³-hybridized carbons (Fsp3) is 0.214. The van der Waals surface area contributed by atoms with Crippen molar-refractivity contribution in [3.05, 3.63) is 100 Å². The molecule has 0 spiro atoms. The fourth-order valence-corrected chi connectivity index (χ4v) is 4.51. The van der Waals surface area contributed by atoms with Gasteiger partial charge in [0.15, 0.2) is 17.3 Å². The number of nitrogens with zero attached hydrogens (tertiary/aromatic N) is 4. The summed E-state index contributed by atoms with van der Waals surface area (Å²) < 4.78 is 31.6. The molecule has 0 radical (unpaired) electrons. The van der Waals surface area contributed by atoms with Crippen molar-refractivity contribution < 1.29 is 13.9 Å². The van der Waals surface area contributed by atoms with Gasteiger partial charge in [-0.2, -0.15) is 5.10 Å². The Kier molecular flexibility index (Phi) is 6.10. The van der Waals surface area contributed by atoms with Gasteiger partial charge in [-0.15, -0.1) is 0 Å². The number of imidazole rings is 1. The SMILES string of the molecule is COc1cc(-c2ccnn2C(C)c2ccc3c(c2)n(C)c(=O)n3C)cc(F)c1OCc1ccccc1. The van der Waals surface area contributed by atoms with Crippen LogP contribution in [0.3, 0.4) is 0 Å². The second-order valence-electron chi connectivity index (χ2n) is 8.75. The van der Waals surface area contributed by atoms with E-state index in [9.17, 15) is 4.79 Å². The molecule has 184 valence electrons. The Balaban J connectivity index is 1.48. The summed E-state index contributed by atoms with van der Waals surface area (Å²) >= 11 is 0. The molecule has 3 aromatic carbocycles. The first-order valence-electron chi connectivity index (χ1n) is 11.6. The molecule has 0 bridgehead atoms. The number of aromatic nitrogens is 4. The number of hydrogen-bond acceptors (Lipinski definition) is 4. The van der Waals surface area contributed by atoms with E-state index >= 15 is 4.39 Å². The lowest BCUT2D eigenvalue weighted by atomic mass is 10.1. The first-order valence-corrected chi connectivity index (χ1v) is 11.6. The summed E-state index contributed by atoms with van der Waals surface area (Å²) in [5, 5.41) is 4.53. The quantitative estimate of drug-likeness (QED) is 0.322. The van der Waals surface area contributed by atoms with Gasteiger partial charge in [0.2, 0.25) is 0 Å². The van der Waals surface area contributed by atoms with Gasteiger partial charge in [0.25, 0.3) is 0 Å². The first-order chi connectivity index (χ1) is 17.4. The van der Waals surface area contributed by atoms with E-state index in [1.54, 1.807) is 35.5 Å². The normalized spacial score (nSPS) is 12.1. The molecule has 7 nitrogen and oxygen atoms in total. The molecule has 36 heavy (non-hydrogen) atoms. The van der Waals surface area contributed by atoms with Crippen molar-refractivity contribution in [2.24, 2.45) is 14.1 Å². The molecule has 0 amide bonds. The Morgan fingerprint density at radius 2 is 1.72 bits per heavy atom. The van der Waals surface area contributed by atoms with E-state index in [0.717, 1.165) is 27.9 Å². The number of ether oxygens (including phenoxy) is 2. The monoisotopic (exact) mass is 486 g/mol. The highest BCUT2D eigenvalue weighted by molar-refractivity contribution is 5.77. The Bertz CT molecular complexity index is 1600. The molecule has 0 saturated heterocycles. The van der Waals surface area contributed by atoms with E-state index in [2.05, 4.69) is 5.10 Å². The molecule has 2 aromatic heterocycles. The molecule has 0 saturated carbocycles. The van der Waals surface area contributed by atoms with Crippen molar-refractivity contribution in [3.63, 3.8) is 0 Å². The number of halogens is 1. The fourth-order valence-electron chi connectivity index (χ4n) is 4.51. The van der Waals surface area contributed by atoms with E-state index in [-0.39, 0.29) is 24.1 Å². The maximum Gasteiger partial charge on any atom is 0.328 e. The van der Waals surface area contributed by atoms with Gasteiger partial charge < -0.3 is 9.47 Å². The molecule has 0 aliphatic rings. The van der Waals surface area contributed by atoms with Crippen molar-refractivity contribution in [3.8, 4) is 22.8 Å². The third-order valence-corrected chi connectivity index (χ3v) is 6.57. The Morgan fingerprint density at radius 3 is 2.47 bits per heavy atom. The van der Waals surface area contributed by atoms with Crippen LogP contribution in [-0.4, -0.2) is 26.0 Å². The van der Waals surface area contributed by atoms with Crippen molar-refractivity contribution in [1.82, 2.24) is 18.9 Å². The first kappa shape index (κ1) is 23.4. The van der Waals surface area contributed by atoms with Gasteiger partial charge in [-0.25, -0.2) is 9.18 Å². The summed E-state index contributed by atoms with van der Waals surface area (Å²) in [4.78, 5) is 12.3. The maximum atomic E-state index is 15.2. The van der Waals surface area contributed by atoms with Crippen LogP contribution >= 0.6 is 0 Å². The number of rotatable bonds is 7. The van der Waals surface area contributed by atoms with Gasteiger partial charge in [0.05, 0.1) is 29.9 Å². The maximum absolute atomic E-state index is 15.2. The summed E-state index contributed by atoms with van der Waals surface area (Å²) in [5.74, 6) is -0.136. The largest absolute Gasteiger partial charge is 0.493 e. The lowest BCUT2D eigenvalue weighted by Gasteiger charge is -2.18. The van der Waals surface area contributed by atoms with Crippen molar-refractivity contribution in [2.75, 3.05) is 7.11 Å². The molecule has 0 aliphatic heterocycles. The number of benzene rings is 3. The van der Waals surface area contributed by atoms with Gasteiger partial charge in [-0.3, -0.25) is 13.8 Å². The minimum absolute atomic E-state index is 0.0691. The number of hydrogen-bond donors (Lipinski definition) is 0. The topological polar surface area (TPSA) is 63.2 Å². The Labute approximate surface area is 207 Å². The molecule has 0 fully saturated rings. The smallest absolute Gasteiger partial charge is 0.328 e. The number of fused-ring (bicyclic) bond motifs is 1. The van der Waals surface area contributed by atoms with Crippen molar-refractivity contribution in [2.45, 2.75) is 19.6 Å². The van der Waals surface area contributed by atoms with Crippen LogP contribution in [0.15, 0.2) is 77.7 Å². The predicted octanol–water partition coefficient (Wildman–Crippen LogP) is 5.08. The molecule has 1 unspecified atom stereocenters. The van der Waals surface area contributed by atoms with Crippen LogP contribution in [0, 0.1) is 5.82 Å². The van der Waals surface area contributed by atoms with Gasteiger partial charge in [0, 0.05) is 25.9 Å². The molecular weight excluding hydrogens is 459 g/mol. The zero-order valence-electron chi connectivity index (χ0n) is 20.6. The van der Waals surface area contributed by atoms with E-state index < -0.39 is 5.82 Å². The van der Waals surface area contributed by atoms with Crippen LogP contribution < -0.4 is 15.2 Å². The summed E-state index contributed by atoms with van der Waals surface area (Å²) in [7, 11) is 5.01. The van der Waals surface area contributed by atoms with Gasteiger partial charge >= 0.3 is 5.69 Å². The second-order valence-corrected chi connectivity index (χ2v) is 8.75. The third-order valence-electron chi connectivity index (χ3n) is 6.57. The van der Waals surface area contributed by atoms with Crippen molar-refractivity contribution in [1.29, 1.82) is 0 Å². The summed E-state index contributed by atoms with van der Waals surface area (Å²) in [6.07, 6.45) is 1.69. The third kappa shape index (κ3) is 4.04. The summed E-state index contributed by atoms with van der Waals surface area (Å²) in [6.45, 7) is 2.25. The summed E-state index contributed by atoms with van der Waals surface area (Å²) in [5.41, 5.74) is 4.88. The predicted molar refractivity (Wildman–Crippen MR) is 137 cm³/mol. The van der Waals surface area contributed by atoms with Gasteiger partial charge in [-0.05, 0) is 48.4 Å². The molecular formula is C28H27FN4O3. The molecule has 1 atom stereocenters. The van der Waals surface area contributed by atoms with Crippen LogP contribution in [0.4, 0.5) is 4.39 Å². The molecule has 5 rings (SSSR count). The molecule has 5 aromatic rings. The number of aryl methyl sites for hydroxylation is 2.